The van der Waals surface area contributed by atoms with Crippen molar-refractivity contribution in [3.63, 3.8) is 0 Å². The molecule has 1 unspecified atom stereocenters. The van der Waals surface area contributed by atoms with Crippen LogP contribution in [0, 0.1) is 0 Å². The van der Waals surface area contributed by atoms with Gasteiger partial charge in [-0.3, -0.25) is 0 Å². The summed E-state index contributed by atoms with van der Waals surface area (Å²) in [4.78, 5) is 0. The molecule has 0 aromatic rings. The topological polar surface area (TPSA) is 34.1 Å². The summed E-state index contributed by atoms with van der Waals surface area (Å²) in [6, 6.07) is 0. The normalized spacial score (nSPS) is 16.9. The predicted molar refractivity (Wildman–Crippen MR) is 44.6 cm³/mol. The molecule has 0 saturated carbocycles. The van der Waals surface area contributed by atoms with Gasteiger partial charge in [-0.25, -0.2) is 4.39 Å². The van der Waals surface area contributed by atoms with Crippen LogP contribution in [-0.4, -0.2) is 24.7 Å². The second kappa shape index (κ2) is 5.04. The Morgan fingerprint density at radius 3 is 1.63 bits per heavy atom. The van der Waals surface area contributed by atoms with E-state index < -0.39 is 44.9 Å². The molecule has 0 rings (SSSR count). The van der Waals surface area contributed by atoms with E-state index in [1.54, 1.807) is 0 Å². The highest BCUT2D eigenvalue weighted by Crippen LogP contribution is 2.50. The Kier molecular flexibility index (Phi) is 4.86. The van der Waals surface area contributed by atoms with Crippen molar-refractivity contribution in [2.45, 2.75) is 22.7 Å². The molecule has 0 saturated heterocycles. The second-order valence-electron chi connectivity index (χ2n) is 3.11. The summed E-state index contributed by atoms with van der Waals surface area (Å²) in [5.41, 5.74) is 0. The summed E-state index contributed by atoms with van der Waals surface area (Å²) in [6.45, 7) is 0. The molecule has 0 aliphatic rings. The summed E-state index contributed by atoms with van der Waals surface area (Å²) in [6.07, 6.45) is -7.05. The Bertz CT molecular complexity index is 479. The Balaban J connectivity index is 5.61. The van der Waals surface area contributed by atoms with E-state index in [-0.39, 0.29) is 0 Å². The lowest BCUT2D eigenvalue weighted by molar-refractivity contribution is -0.109. The molecule has 0 aromatic carbocycles. The molecule has 0 bridgehead atoms. The molecular weight excluding hydrogens is 343 g/mol. The Morgan fingerprint density at radius 2 is 1.37 bits per heavy atom. The highest BCUT2D eigenvalue weighted by molar-refractivity contribution is 7.87. The van der Waals surface area contributed by atoms with Gasteiger partial charge in [0.1, 0.15) is 0 Å². The highest BCUT2D eigenvalue weighted by Gasteiger charge is 2.65. The number of halogens is 10. The SMILES string of the molecule is O=S(=O)(F)C(F)(F)CC(F)(Cl)C(F)(F)C(F)=C(F)F. The quantitative estimate of drug-likeness (QED) is 0.431. The van der Waals surface area contributed by atoms with Gasteiger partial charge in [0.2, 0.25) is 5.83 Å². The van der Waals surface area contributed by atoms with Crippen LogP contribution in [0.25, 0.3) is 0 Å². The van der Waals surface area contributed by atoms with E-state index in [0.717, 1.165) is 0 Å². The minimum absolute atomic E-state index is 3.28. The summed E-state index contributed by atoms with van der Waals surface area (Å²) in [5, 5.41) is -11.1. The molecule has 13 heteroatoms. The van der Waals surface area contributed by atoms with Gasteiger partial charge in [0.25, 0.3) is 5.13 Å². The summed E-state index contributed by atoms with van der Waals surface area (Å²) >= 11 is 4.12. The molecule has 0 heterocycles. The van der Waals surface area contributed by atoms with Crippen LogP contribution in [0.2, 0.25) is 0 Å². The van der Waals surface area contributed by atoms with Crippen LogP contribution in [0.3, 0.4) is 0 Å². The first-order chi connectivity index (χ1) is 8.06. The molecule has 0 fully saturated rings. The molecule has 0 radical (unpaired) electrons. The van der Waals surface area contributed by atoms with Crippen LogP contribution < -0.4 is 0 Å². The minimum Gasteiger partial charge on any atom is -0.219 e. The predicted octanol–water partition coefficient (Wildman–Crippen LogP) is 3.89. The molecule has 19 heavy (non-hydrogen) atoms. The van der Waals surface area contributed by atoms with E-state index in [9.17, 15) is 47.4 Å². The number of allylic oxidation sites excluding steroid dienone is 1. The van der Waals surface area contributed by atoms with Crippen molar-refractivity contribution in [1.29, 1.82) is 0 Å². The highest BCUT2D eigenvalue weighted by atomic mass is 35.5. The van der Waals surface area contributed by atoms with Gasteiger partial charge < -0.3 is 0 Å². The Labute approximate surface area is 105 Å². The average molecular weight is 345 g/mol. The number of rotatable bonds is 5. The van der Waals surface area contributed by atoms with Crippen LogP contribution in [0.1, 0.15) is 6.42 Å². The van der Waals surface area contributed by atoms with E-state index in [4.69, 9.17) is 0 Å². The van der Waals surface area contributed by atoms with Gasteiger partial charge in [0.05, 0.1) is 6.42 Å². The third-order valence-electron chi connectivity index (χ3n) is 1.69. The average Bonchev–Trinajstić information content (AvgIpc) is 2.12. The minimum atomic E-state index is -6.86. The van der Waals surface area contributed by atoms with Crippen LogP contribution in [0.15, 0.2) is 11.9 Å². The zero-order valence-corrected chi connectivity index (χ0v) is 9.78. The lowest BCUT2D eigenvalue weighted by Crippen LogP contribution is -2.46. The molecule has 0 spiro atoms. The third kappa shape index (κ3) is 3.68. The van der Waals surface area contributed by atoms with E-state index in [2.05, 4.69) is 11.6 Å². The van der Waals surface area contributed by atoms with E-state index in [1.165, 1.54) is 0 Å². The van der Waals surface area contributed by atoms with E-state index in [1.807, 2.05) is 0 Å². The fourth-order valence-electron chi connectivity index (χ4n) is 0.735. The van der Waals surface area contributed by atoms with Crippen molar-refractivity contribution in [3.05, 3.63) is 11.9 Å². The number of hydrogen-bond donors (Lipinski definition) is 0. The molecule has 0 aromatic heterocycles. The summed E-state index contributed by atoms with van der Waals surface area (Å²) in [7, 11) is -6.86. The standard InChI is InChI=1S/C6H2ClF9O2S/c7-4(11,1-5(12,13)19(16,17)18)6(14,15)2(8)3(9)10/h1H2. The van der Waals surface area contributed by atoms with E-state index >= 15 is 0 Å². The molecule has 0 N–H and O–H groups in total. The zero-order chi connectivity index (χ0) is 15.9. The van der Waals surface area contributed by atoms with Gasteiger partial charge in [0, 0.05) is 0 Å². The van der Waals surface area contributed by atoms with Crippen molar-refractivity contribution < 1.29 is 47.4 Å². The maximum absolute atomic E-state index is 13.0. The third-order valence-corrected chi connectivity index (χ3v) is 2.91. The first-order valence-corrected chi connectivity index (χ1v) is 5.61. The first kappa shape index (κ1) is 18.4. The fraction of sp³-hybridized carbons (Fsp3) is 0.667. The van der Waals surface area contributed by atoms with Gasteiger partial charge in [-0.15, -0.1) is 0 Å². The van der Waals surface area contributed by atoms with Crippen molar-refractivity contribution in [3.8, 4) is 0 Å². The summed E-state index contributed by atoms with van der Waals surface area (Å²) < 4.78 is 130. The maximum atomic E-state index is 13.0. The smallest absolute Gasteiger partial charge is 0.219 e. The van der Waals surface area contributed by atoms with Crippen LogP contribution in [-0.2, 0) is 10.2 Å². The van der Waals surface area contributed by atoms with Crippen molar-refractivity contribution in [2.75, 3.05) is 0 Å². The second-order valence-corrected chi connectivity index (χ2v) is 5.18. The Hall–Kier alpha value is -0.650. The van der Waals surface area contributed by atoms with Crippen molar-refractivity contribution >= 4 is 21.8 Å². The van der Waals surface area contributed by atoms with E-state index in [0.29, 0.717) is 0 Å². The molecule has 2 nitrogen and oxygen atoms in total. The van der Waals surface area contributed by atoms with Gasteiger partial charge in [0.15, 0.2) is 0 Å². The molecule has 114 valence electrons. The fourth-order valence-corrected chi connectivity index (χ4v) is 1.44. The van der Waals surface area contributed by atoms with Crippen LogP contribution in [0.4, 0.5) is 39.0 Å². The van der Waals surface area contributed by atoms with Gasteiger partial charge in [-0.1, -0.05) is 15.5 Å². The largest absolute Gasteiger partial charge is 0.378 e. The molecule has 0 amide bonds. The molecular formula is C6H2ClF9O2S. The van der Waals surface area contributed by atoms with Crippen LogP contribution in [0.5, 0.6) is 0 Å². The maximum Gasteiger partial charge on any atom is 0.378 e. The lowest BCUT2D eigenvalue weighted by atomic mass is 10.1. The Morgan fingerprint density at radius 1 is 1.00 bits per heavy atom. The van der Waals surface area contributed by atoms with Gasteiger partial charge in [-0.2, -0.15) is 39.2 Å². The molecule has 0 aliphatic heterocycles. The van der Waals surface area contributed by atoms with Crippen molar-refractivity contribution in [1.82, 2.24) is 0 Å². The molecule has 1 atom stereocenters. The van der Waals surface area contributed by atoms with Crippen LogP contribution >= 0.6 is 11.6 Å². The zero-order valence-electron chi connectivity index (χ0n) is 8.21. The summed E-state index contributed by atoms with van der Waals surface area (Å²) in [5.74, 6) is -9.78. The van der Waals surface area contributed by atoms with Gasteiger partial charge >= 0.3 is 27.5 Å². The first-order valence-electron chi connectivity index (χ1n) is 3.85. The number of hydrogen-bond acceptors (Lipinski definition) is 2. The monoisotopic (exact) mass is 344 g/mol. The van der Waals surface area contributed by atoms with Gasteiger partial charge in [-0.05, 0) is 0 Å². The molecule has 0 aliphatic carbocycles. The van der Waals surface area contributed by atoms with Crippen molar-refractivity contribution in [2.24, 2.45) is 0 Å². The lowest BCUT2D eigenvalue weighted by Gasteiger charge is -2.28. The number of alkyl halides is 6.